The smallest absolute Gasteiger partial charge is 0.368 e. The number of carbonyl (C=O) groups is 1. The second-order valence-corrected chi connectivity index (χ2v) is 4.03. The molecule has 0 aliphatic rings. The second-order valence-electron chi connectivity index (χ2n) is 4.03. The van der Waals surface area contributed by atoms with E-state index >= 15 is 0 Å². The first kappa shape index (κ1) is 18.0. The number of nitrogens with two attached hydrogens (primary N) is 1. The van der Waals surface area contributed by atoms with Crippen LogP contribution in [0.3, 0.4) is 0 Å². The van der Waals surface area contributed by atoms with E-state index in [9.17, 15) is 31.1 Å². The Hall–Kier alpha value is -1.03. The first-order valence-electron chi connectivity index (χ1n) is 5.08. The van der Waals surface area contributed by atoms with Crippen LogP contribution in [0.25, 0.3) is 0 Å². The molecule has 0 aliphatic heterocycles. The summed E-state index contributed by atoms with van der Waals surface area (Å²) in [5.74, 6) is -0.908. The second kappa shape index (κ2) is 5.95. The first-order chi connectivity index (χ1) is 8.34. The minimum Gasteiger partial charge on any atom is -0.368 e. The van der Waals surface area contributed by atoms with Crippen molar-refractivity contribution < 1.29 is 35.9 Å². The largest absolute Gasteiger partial charge is 0.423 e. The van der Waals surface area contributed by atoms with Crippen molar-refractivity contribution in [2.45, 2.75) is 37.3 Å². The molecule has 0 fully saturated rings. The molecule has 0 rings (SSSR count). The molecular weight excluding hydrogens is 282 g/mol. The maximum Gasteiger partial charge on any atom is 0.423 e. The van der Waals surface area contributed by atoms with Crippen LogP contribution >= 0.6 is 0 Å². The molecule has 19 heavy (non-hydrogen) atoms. The van der Waals surface area contributed by atoms with Crippen molar-refractivity contribution in [2.75, 3.05) is 13.7 Å². The lowest BCUT2D eigenvalue weighted by Crippen LogP contribution is -2.53. The number of alkyl halides is 6. The van der Waals surface area contributed by atoms with E-state index in [1.165, 1.54) is 14.0 Å². The average molecular weight is 296 g/mol. The van der Waals surface area contributed by atoms with Gasteiger partial charge in [-0.1, -0.05) is 0 Å². The predicted octanol–water partition coefficient (Wildman–Crippen LogP) is 1.35. The third-order valence-electron chi connectivity index (χ3n) is 2.58. The van der Waals surface area contributed by atoms with Crippen LogP contribution in [0.1, 0.15) is 13.3 Å². The molecule has 0 spiro atoms. The topological polar surface area (TPSA) is 64.3 Å². The molecule has 0 aromatic heterocycles. The van der Waals surface area contributed by atoms with Gasteiger partial charge in [0.25, 0.3) is 0 Å². The van der Waals surface area contributed by atoms with Crippen LogP contribution in [0.15, 0.2) is 0 Å². The van der Waals surface area contributed by atoms with Crippen molar-refractivity contribution >= 4 is 5.91 Å². The van der Waals surface area contributed by atoms with Gasteiger partial charge in [-0.15, -0.1) is 0 Å². The zero-order valence-electron chi connectivity index (χ0n) is 10.2. The van der Waals surface area contributed by atoms with Crippen molar-refractivity contribution in [3.63, 3.8) is 0 Å². The van der Waals surface area contributed by atoms with Gasteiger partial charge in [0, 0.05) is 0 Å². The third-order valence-corrected chi connectivity index (χ3v) is 2.58. The van der Waals surface area contributed by atoms with E-state index in [2.05, 4.69) is 10.1 Å². The quantitative estimate of drug-likeness (QED) is 0.727. The summed E-state index contributed by atoms with van der Waals surface area (Å²) in [4.78, 5) is 11.0. The molecule has 1 atom stereocenters. The number of hydrogen-bond donors (Lipinski definition) is 2. The van der Waals surface area contributed by atoms with Gasteiger partial charge < -0.3 is 15.8 Å². The molecule has 0 bridgehead atoms. The lowest BCUT2D eigenvalue weighted by molar-refractivity contribution is -0.322. The predicted molar refractivity (Wildman–Crippen MR) is 53.1 cm³/mol. The van der Waals surface area contributed by atoms with Gasteiger partial charge in [-0.2, -0.15) is 26.3 Å². The Morgan fingerprint density at radius 2 is 1.63 bits per heavy atom. The van der Waals surface area contributed by atoms with Gasteiger partial charge in [-0.05, 0) is 20.4 Å². The van der Waals surface area contributed by atoms with Crippen LogP contribution in [-0.4, -0.2) is 43.6 Å². The van der Waals surface area contributed by atoms with E-state index in [4.69, 9.17) is 5.73 Å². The highest BCUT2D eigenvalue weighted by molar-refractivity contribution is 5.84. The van der Waals surface area contributed by atoms with Crippen molar-refractivity contribution in [1.82, 2.24) is 5.32 Å². The summed E-state index contributed by atoms with van der Waals surface area (Å²) in [5.41, 5.74) is 3.53. The normalized spacial score (nSPS) is 16.5. The van der Waals surface area contributed by atoms with Crippen LogP contribution < -0.4 is 11.1 Å². The van der Waals surface area contributed by atoms with Gasteiger partial charge in [0.05, 0.1) is 12.1 Å². The summed E-state index contributed by atoms with van der Waals surface area (Å²) in [6.45, 7) is 0.318. The molecule has 114 valence electrons. The number of hydrogen-bond acceptors (Lipinski definition) is 3. The highest BCUT2D eigenvalue weighted by Gasteiger charge is 2.58. The van der Waals surface area contributed by atoms with E-state index in [1.807, 2.05) is 0 Å². The molecule has 1 amide bonds. The lowest BCUT2D eigenvalue weighted by Gasteiger charge is -2.28. The average Bonchev–Trinajstić information content (AvgIpc) is 2.20. The van der Waals surface area contributed by atoms with Crippen molar-refractivity contribution in [1.29, 1.82) is 0 Å². The summed E-state index contributed by atoms with van der Waals surface area (Å²) in [7, 11) is 1.30. The molecule has 1 unspecified atom stereocenters. The summed E-state index contributed by atoms with van der Waals surface area (Å²) in [5, 5.41) is 2.41. The van der Waals surface area contributed by atoms with Gasteiger partial charge >= 0.3 is 12.4 Å². The van der Waals surface area contributed by atoms with E-state index in [0.717, 1.165) is 0 Å². The molecule has 0 aliphatic carbocycles. The molecule has 4 nitrogen and oxygen atoms in total. The maximum atomic E-state index is 12.1. The Morgan fingerprint density at radius 1 is 1.21 bits per heavy atom. The Kier molecular flexibility index (Phi) is 5.63. The number of halogens is 6. The fraction of sp³-hybridized carbons (Fsp3) is 0.889. The number of amides is 1. The minimum absolute atomic E-state index is 0.429. The SMILES string of the molecule is CNC(C)(CCOC(C(F)(F)F)C(F)(F)F)C(N)=O. The van der Waals surface area contributed by atoms with Gasteiger partial charge in [0.15, 0.2) is 0 Å². The summed E-state index contributed by atoms with van der Waals surface area (Å²) >= 11 is 0. The van der Waals surface area contributed by atoms with Crippen molar-refractivity contribution in [3.05, 3.63) is 0 Å². The van der Waals surface area contributed by atoms with Gasteiger partial charge in [-0.25, -0.2) is 0 Å². The van der Waals surface area contributed by atoms with Crippen LogP contribution in [0.5, 0.6) is 0 Å². The number of nitrogens with one attached hydrogen (secondary N) is 1. The zero-order chi connectivity index (χ0) is 15.5. The molecule has 0 saturated carbocycles. The van der Waals surface area contributed by atoms with E-state index < -0.39 is 42.9 Å². The lowest BCUT2D eigenvalue weighted by atomic mass is 9.98. The standard InChI is InChI=1S/C9H14F6N2O2/c1-7(17-2,6(16)18)3-4-19-5(8(10,11)12)9(13,14)15/h5,17H,3-4H2,1-2H3,(H2,16,18). The number of primary amides is 1. The van der Waals surface area contributed by atoms with Crippen LogP contribution in [0.2, 0.25) is 0 Å². The molecule has 0 heterocycles. The molecule has 0 aromatic rings. The number of carbonyl (C=O) groups excluding carboxylic acids is 1. The van der Waals surface area contributed by atoms with Crippen LogP contribution in [0, 0.1) is 0 Å². The van der Waals surface area contributed by atoms with Crippen molar-refractivity contribution in [3.8, 4) is 0 Å². The number of rotatable bonds is 6. The fourth-order valence-electron chi connectivity index (χ4n) is 1.13. The highest BCUT2D eigenvalue weighted by Crippen LogP contribution is 2.35. The van der Waals surface area contributed by atoms with Crippen LogP contribution in [-0.2, 0) is 9.53 Å². The van der Waals surface area contributed by atoms with E-state index in [-0.39, 0.29) is 0 Å². The first-order valence-corrected chi connectivity index (χ1v) is 5.08. The molecule has 10 heteroatoms. The number of likely N-dealkylation sites (N-methyl/N-ethyl adjacent to an activating group) is 1. The monoisotopic (exact) mass is 296 g/mol. The highest BCUT2D eigenvalue weighted by atomic mass is 19.4. The Bertz CT molecular complexity index is 303. The summed E-state index contributed by atoms with van der Waals surface area (Å²) < 4.78 is 76.6. The van der Waals surface area contributed by atoms with Gasteiger partial charge in [-0.3, -0.25) is 4.79 Å². The summed E-state index contributed by atoms with van der Waals surface area (Å²) in [6.07, 6.45) is -15.4. The molecule has 0 aromatic carbocycles. The molecule has 0 saturated heterocycles. The molecule has 0 radical (unpaired) electrons. The Morgan fingerprint density at radius 3 is 1.89 bits per heavy atom. The van der Waals surface area contributed by atoms with E-state index in [1.54, 1.807) is 0 Å². The van der Waals surface area contributed by atoms with Crippen LogP contribution in [0.4, 0.5) is 26.3 Å². The Labute approximate surface area is 105 Å². The van der Waals surface area contributed by atoms with Gasteiger partial charge in [0.1, 0.15) is 0 Å². The fourth-order valence-corrected chi connectivity index (χ4v) is 1.13. The van der Waals surface area contributed by atoms with E-state index in [0.29, 0.717) is 0 Å². The third kappa shape index (κ3) is 5.23. The maximum absolute atomic E-state index is 12.1. The molecule has 3 N–H and O–H groups in total. The molecular formula is C9H14F6N2O2. The zero-order valence-corrected chi connectivity index (χ0v) is 10.2. The van der Waals surface area contributed by atoms with Crippen molar-refractivity contribution in [2.24, 2.45) is 5.73 Å². The minimum atomic E-state index is -5.57. The summed E-state index contributed by atoms with van der Waals surface area (Å²) in [6, 6.07) is 0. The Balaban J connectivity index is 4.65. The number of ether oxygens (including phenoxy) is 1. The van der Waals surface area contributed by atoms with Gasteiger partial charge in [0.2, 0.25) is 12.0 Å².